The molecule has 1 saturated heterocycles. The van der Waals surface area contributed by atoms with Crippen molar-refractivity contribution in [1.82, 2.24) is 10.2 Å². The Morgan fingerprint density at radius 1 is 1.36 bits per heavy atom. The van der Waals surface area contributed by atoms with Gasteiger partial charge in [0.1, 0.15) is 0 Å². The summed E-state index contributed by atoms with van der Waals surface area (Å²) < 4.78 is 0. The van der Waals surface area contributed by atoms with Gasteiger partial charge < -0.3 is 4.90 Å². The second-order valence-corrected chi connectivity index (χ2v) is 4.49. The molecule has 80 valence electrons. The first-order valence-electron chi connectivity index (χ1n) is 4.46. The number of imide groups is 1. The quantitative estimate of drug-likeness (QED) is 0.725. The molecule has 1 aliphatic heterocycles. The molecule has 1 N–H and O–H groups in total. The predicted octanol–water partition coefficient (Wildman–Crippen LogP) is 0.900. The van der Waals surface area contributed by atoms with Crippen LogP contribution < -0.4 is 5.32 Å². The molecule has 0 saturated carbocycles. The second kappa shape index (κ2) is 6.14. The number of amides is 3. The van der Waals surface area contributed by atoms with Crippen LogP contribution in [0.25, 0.3) is 0 Å². The van der Waals surface area contributed by atoms with Crippen molar-refractivity contribution in [2.24, 2.45) is 0 Å². The predicted molar refractivity (Wildman–Crippen MR) is 57.8 cm³/mol. The Bertz CT molecular complexity index is 219. The van der Waals surface area contributed by atoms with E-state index in [-0.39, 0.29) is 24.2 Å². The van der Waals surface area contributed by atoms with E-state index in [0.717, 1.165) is 11.5 Å². The molecular weight excluding hydrogens is 224 g/mol. The van der Waals surface area contributed by atoms with Gasteiger partial charge in [-0.25, -0.2) is 4.79 Å². The average molecular weight is 237 g/mol. The second-order valence-electron chi connectivity index (χ2n) is 2.89. The third kappa shape index (κ3) is 3.75. The normalized spacial score (nSPS) is 16.5. The van der Waals surface area contributed by atoms with Crippen LogP contribution in [0.5, 0.6) is 0 Å². The first kappa shape index (κ1) is 11.7. The van der Waals surface area contributed by atoms with E-state index in [1.165, 1.54) is 0 Å². The minimum Gasteiger partial charge on any atom is -0.323 e. The summed E-state index contributed by atoms with van der Waals surface area (Å²) in [4.78, 5) is 24.1. The maximum absolute atomic E-state index is 11.4. The van der Waals surface area contributed by atoms with E-state index in [0.29, 0.717) is 13.1 Å². The summed E-state index contributed by atoms with van der Waals surface area (Å²) in [5, 5.41) is 2.30. The van der Waals surface area contributed by atoms with Crippen molar-refractivity contribution in [3.05, 3.63) is 0 Å². The molecule has 0 bridgehead atoms. The van der Waals surface area contributed by atoms with Crippen LogP contribution in [0.2, 0.25) is 0 Å². The Hall–Kier alpha value is -0.420. The van der Waals surface area contributed by atoms with Gasteiger partial charge in [-0.2, -0.15) is 11.8 Å². The number of hydrogen-bond acceptors (Lipinski definition) is 3. The van der Waals surface area contributed by atoms with Gasteiger partial charge in [-0.05, 0) is 0 Å². The summed E-state index contributed by atoms with van der Waals surface area (Å²) in [6, 6.07) is -0.291. The number of carbonyl (C=O) groups is 2. The summed E-state index contributed by atoms with van der Waals surface area (Å²) in [5.41, 5.74) is 0. The Labute approximate surface area is 92.3 Å². The zero-order valence-electron chi connectivity index (χ0n) is 7.79. The van der Waals surface area contributed by atoms with Crippen molar-refractivity contribution in [2.45, 2.75) is 6.42 Å². The van der Waals surface area contributed by atoms with Crippen molar-refractivity contribution in [1.29, 1.82) is 0 Å². The maximum atomic E-state index is 11.4. The SMILES string of the molecule is O=C(CCCl)NC(=O)N1CCSCC1. The number of urea groups is 1. The Morgan fingerprint density at radius 2 is 2.00 bits per heavy atom. The molecule has 1 rings (SSSR count). The molecule has 0 atom stereocenters. The van der Waals surface area contributed by atoms with E-state index in [9.17, 15) is 9.59 Å². The molecule has 0 aromatic rings. The van der Waals surface area contributed by atoms with Crippen molar-refractivity contribution in [3.8, 4) is 0 Å². The molecule has 0 unspecified atom stereocenters. The van der Waals surface area contributed by atoms with Crippen LogP contribution in [0.4, 0.5) is 4.79 Å². The number of alkyl halides is 1. The molecule has 0 spiro atoms. The van der Waals surface area contributed by atoms with E-state index in [1.807, 2.05) is 11.8 Å². The van der Waals surface area contributed by atoms with Crippen LogP contribution in [0.3, 0.4) is 0 Å². The molecule has 4 nitrogen and oxygen atoms in total. The molecule has 14 heavy (non-hydrogen) atoms. The van der Waals surface area contributed by atoms with Crippen LogP contribution in [0.1, 0.15) is 6.42 Å². The Kier molecular flexibility index (Phi) is 5.11. The van der Waals surface area contributed by atoms with Gasteiger partial charge in [0, 0.05) is 36.9 Å². The first-order valence-corrected chi connectivity index (χ1v) is 6.15. The summed E-state index contributed by atoms with van der Waals surface area (Å²) in [7, 11) is 0. The molecule has 0 aromatic carbocycles. The van der Waals surface area contributed by atoms with Gasteiger partial charge in [0.25, 0.3) is 0 Å². The lowest BCUT2D eigenvalue weighted by molar-refractivity contribution is -0.119. The van der Waals surface area contributed by atoms with Gasteiger partial charge in [-0.15, -0.1) is 11.6 Å². The minimum atomic E-state index is -0.303. The van der Waals surface area contributed by atoms with Crippen LogP contribution >= 0.6 is 23.4 Å². The van der Waals surface area contributed by atoms with Gasteiger partial charge in [-0.3, -0.25) is 10.1 Å². The van der Waals surface area contributed by atoms with E-state index in [1.54, 1.807) is 4.90 Å². The number of thioether (sulfide) groups is 1. The fourth-order valence-corrected chi connectivity index (χ4v) is 2.19. The van der Waals surface area contributed by atoms with Crippen LogP contribution in [-0.4, -0.2) is 47.3 Å². The van der Waals surface area contributed by atoms with Gasteiger partial charge in [0.15, 0.2) is 0 Å². The monoisotopic (exact) mass is 236 g/mol. The van der Waals surface area contributed by atoms with Gasteiger partial charge in [0.05, 0.1) is 0 Å². The Morgan fingerprint density at radius 3 is 2.57 bits per heavy atom. The fourth-order valence-electron chi connectivity index (χ4n) is 1.11. The van der Waals surface area contributed by atoms with Crippen molar-refractivity contribution in [3.63, 3.8) is 0 Å². The minimum absolute atomic E-state index is 0.190. The van der Waals surface area contributed by atoms with Crippen molar-refractivity contribution >= 4 is 35.3 Å². The van der Waals surface area contributed by atoms with E-state index in [4.69, 9.17) is 11.6 Å². The molecule has 1 aliphatic rings. The van der Waals surface area contributed by atoms with Crippen LogP contribution in [0, 0.1) is 0 Å². The average Bonchev–Trinajstić information content (AvgIpc) is 2.19. The highest BCUT2D eigenvalue weighted by Gasteiger charge is 2.17. The topological polar surface area (TPSA) is 49.4 Å². The summed E-state index contributed by atoms with van der Waals surface area (Å²) >= 11 is 7.19. The zero-order chi connectivity index (χ0) is 10.4. The zero-order valence-corrected chi connectivity index (χ0v) is 9.36. The number of nitrogens with zero attached hydrogens (tertiary/aromatic N) is 1. The molecule has 0 aliphatic carbocycles. The highest BCUT2D eigenvalue weighted by molar-refractivity contribution is 7.99. The molecule has 3 amide bonds. The van der Waals surface area contributed by atoms with E-state index in [2.05, 4.69) is 5.32 Å². The standard InChI is InChI=1S/C8H13ClN2O2S/c9-2-1-7(12)10-8(13)11-3-5-14-6-4-11/h1-6H2,(H,10,12,13). The summed E-state index contributed by atoms with van der Waals surface area (Å²) in [6.07, 6.45) is 0.190. The summed E-state index contributed by atoms with van der Waals surface area (Å²) in [6.45, 7) is 1.43. The van der Waals surface area contributed by atoms with Gasteiger partial charge in [-0.1, -0.05) is 0 Å². The molecule has 6 heteroatoms. The van der Waals surface area contributed by atoms with Gasteiger partial charge >= 0.3 is 6.03 Å². The third-order valence-corrected chi connectivity index (χ3v) is 3.00. The molecule has 0 radical (unpaired) electrons. The highest BCUT2D eigenvalue weighted by Crippen LogP contribution is 2.08. The van der Waals surface area contributed by atoms with Gasteiger partial charge in [0.2, 0.25) is 5.91 Å². The lowest BCUT2D eigenvalue weighted by Gasteiger charge is -2.26. The van der Waals surface area contributed by atoms with Crippen molar-refractivity contribution < 1.29 is 9.59 Å². The van der Waals surface area contributed by atoms with Crippen molar-refractivity contribution in [2.75, 3.05) is 30.5 Å². The van der Waals surface area contributed by atoms with E-state index < -0.39 is 0 Å². The smallest absolute Gasteiger partial charge is 0.323 e. The molecular formula is C8H13ClN2O2S. The number of hydrogen-bond donors (Lipinski definition) is 1. The van der Waals surface area contributed by atoms with E-state index >= 15 is 0 Å². The fraction of sp³-hybridized carbons (Fsp3) is 0.750. The molecule has 1 fully saturated rings. The number of carbonyl (C=O) groups excluding carboxylic acids is 2. The summed E-state index contributed by atoms with van der Waals surface area (Å²) in [5.74, 6) is 1.83. The molecule has 1 heterocycles. The number of halogens is 1. The Balaban J connectivity index is 2.29. The highest BCUT2D eigenvalue weighted by atomic mass is 35.5. The first-order chi connectivity index (χ1) is 6.74. The number of rotatable bonds is 2. The maximum Gasteiger partial charge on any atom is 0.324 e. The lowest BCUT2D eigenvalue weighted by Crippen LogP contribution is -2.46. The van der Waals surface area contributed by atoms with Crippen LogP contribution in [-0.2, 0) is 4.79 Å². The number of nitrogens with one attached hydrogen (secondary N) is 1. The largest absolute Gasteiger partial charge is 0.324 e. The van der Waals surface area contributed by atoms with Crippen LogP contribution in [0.15, 0.2) is 0 Å². The molecule has 0 aromatic heterocycles. The lowest BCUT2D eigenvalue weighted by atomic mass is 10.4. The third-order valence-electron chi connectivity index (χ3n) is 1.87.